The van der Waals surface area contributed by atoms with Crippen LogP contribution in [-0.2, 0) is 0 Å². The maximum Gasteiger partial charge on any atom is 0.140 e. The van der Waals surface area contributed by atoms with Crippen molar-refractivity contribution in [2.24, 2.45) is 10.9 Å². The van der Waals surface area contributed by atoms with E-state index in [9.17, 15) is 0 Å². The Hall–Kier alpha value is -1.91. The van der Waals surface area contributed by atoms with E-state index in [0.29, 0.717) is 13.0 Å². The molecule has 0 fully saturated rings. The van der Waals surface area contributed by atoms with Crippen molar-refractivity contribution in [1.29, 1.82) is 0 Å². The van der Waals surface area contributed by atoms with E-state index in [1.807, 2.05) is 25.1 Å². The molecule has 0 unspecified atom stereocenters. The summed E-state index contributed by atoms with van der Waals surface area (Å²) in [6, 6.07) is 5.82. The van der Waals surface area contributed by atoms with Crippen molar-refractivity contribution in [1.82, 2.24) is 0 Å². The van der Waals surface area contributed by atoms with Crippen LogP contribution in [0.5, 0.6) is 5.75 Å². The summed E-state index contributed by atoms with van der Waals surface area (Å²) in [4.78, 5) is 0. The number of benzene rings is 1. The van der Waals surface area contributed by atoms with Gasteiger partial charge in [0.2, 0.25) is 0 Å². The maximum absolute atomic E-state index is 8.36. The summed E-state index contributed by atoms with van der Waals surface area (Å²) in [5, 5.41) is 14.4. The fourth-order valence-corrected chi connectivity index (χ4v) is 1.37. The lowest BCUT2D eigenvalue weighted by atomic mass is 10.2. The van der Waals surface area contributed by atoms with Gasteiger partial charge in [0, 0.05) is 18.7 Å². The minimum Gasteiger partial charge on any atom is -0.496 e. The molecule has 0 aromatic heterocycles. The molecule has 1 aromatic carbocycles. The average molecular weight is 223 g/mol. The third-order valence-electron chi connectivity index (χ3n) is 2.23. The number of amidine groups is 1. The Morgan fingerprint density at radius 1 is 1.56 bits per heavy atom. The van der Waals surface area contributed by atoms with Crippen molar-refractivity contribution < 1.29 is 9.94 Å². The molecule has 0 saturated heterocycles. The molecule has 0 bridgehead atoms. The van der Waals surface area contributed by atoms with Crippen molar-refractivity contribution >= 4 is 11.5 Å². The third-order valence-corrected chi connectivity index (χ3v) is 2.23. The summed E-state index contributed by atoms with van der Waals surface area (Å²) in [6.45, 7) is 2.61. The summed E-state index contributed by atoms with van der Waals surface area (Å²) in [6.07, 6.45) is 0.502. The van der Waals surface area contributed by atoms with Crippen LogP contribution < -0.4 is 15.8 Å². The lowest BCUT2D eigenvalue weighted by molar-refractivity contribution is 0.317. The van der Waals surface area contributed by atoms with Crippen LogP contribution in [0.3, 0.4) is 0 Å². The number of methoxy groups -OCH3 is 1. The number of aryl methyl sites for hydroxylation is 1. The summed E-state index contributed by atoms with van der Waals surface area (Å²) in [5.41, 5.74) is 7.41. The van der Waals surface area contributed by atoms with Crippen LogP contribution >= 0.6 is 0 Å². The number of rotatable bonds is 5. The second-order valence-electron chi connectivity index (χ2n) is 3.45. The van der Waals surface area contributed by atoms with E-state index in [1.165, 1.54) is 0 Å². The van der Waals surface area contributed by atoms with Gasteiger partial charge in [-0.3, -0.25) is 0 Å². The van der Waals surface area contributed by atoms with Gasteiger partial charge < -0.3 is 21.0 Å². The fraction of sp³-hybridized carbons (Fsp3) is 0.364. The summed E-state index contributed by atoms with van der Waals surface area (Å²) in [7, 11) is 1.65. The summed E-state index contributed by atoms with van der Waals surface area (Å²) < 4.78 is 5.16. The highest BCUT2D eigenvalue weighted by Crippen LogP contribution is 2.21. The molecule has 0 aliphatic carbocycles. The number of hydrogen-bond acceptors (Lipinski definition) is 4. The van der Waals surface area contributed by atoms with Gasteiger partial charge in [0.25, 0.3) is 0 Å². The quantitative estimate of drug-likeness (QED) is 0.306. The van der Waals surface area contributed by atoms with E-state index in [-0.39, 0.29) is 5.84 Å². The molecule has 5 heteroatoms. The van der Waals surface area contributed by atoms with E-state index < -0.39 is 0 Å². The Kier molecular flexibility index (Phi) is 4.44. The summed E-state index contributed by atoms with van der Waals surface area (Å²) in [5.74, 6) is 1.08. The monoisotopic (exact) mass is 223 g/mol. The summed E-state index contributed by atoms with van der Waals surface area (Å²) >= 11 is 0. The lowest BCUT2D eigenvalue weighted by Crippen LogP contribution is -2.16. The molecule has 1 rings (SSSR count). The van der Waals surface area contributed by atoms with Crippen LogP contribution in [0, 0.1) is 6.92 Å². The largest absolute Gasteiger partial charge is 0.496 e. The van der Waals surface area contributed by atoms with Gasteiger partial charge in [-0.2, -0.15) is 0 Å². The predicted octanol–water partition coefficient (Wildman–Crippen LogP) is 1.55. The van der Waals surface area contributed by atoms with Crippen LogP contribution in [0.15, 0.2) is 23.4 Å². The number of nitrogens with one attached hydrogen (secondary N) is 1. The lowest BCUT2D eigenvalue weighted by Gasteiger charge is -2.09. The zero-order chi connectivity index (χ0) is 12.0. The highest BCUT2D eigenvalue weighted by molar-refractivity contribution is 5.80. The zero-order valence-electron chi connectivity index (χ0n) is 9.53. The molecule has 0 amide bonds. The molecule has 5 nitrogen and oxygen atoms in total. The molecule has 0 saturated carbocycles. The molecule has 0 atom stereocenters. The molecule has 16 heavy (non-hydrogen) atoms. The second kappa shape index (κ2) is 5.85. The first kappa shape index (κ1) is 12.2. The van der Waals surface area contributed by atoms with E-state index in [1.54, 1.807) is 7.11 Å². The topological polar surface area (TPSA) is 79.9 Å². The first-order chi connectivity index (χ1) is 7.67. The van der Waals surface area contributed by atoms with Crippen LogP contribution in [0.4, 0.5) is 5.69 Å². The molecular formula is C11H17N3O2. The maximum atomic E-state index is 8.36. The first-order valence-electron chi connectivity index (χ1n) is 5.02. The molecular weight excluding hydrogens is 206 g/mol. The Bertz CT molecular complexity index is 377. The van der Waals surface area contributed by atoms with Crippen LogP contribution in [0.1, 0.15) is 12.0 Å². The van der Waals surface area contributed by atoms with Crippen molar-refractivity contribution in [2.45, 2.75) is 13.3 Å². The minimum absolute atomic E-state index is 0.220. The molecule has 0 radical (unpaired) electrons. The molecule has 0 spiro atoms. The van der Waals surface area contributed by atoms with Gasteiger partial charge in [0.05, 0.1) is 7.11 Å². The van der Waals surface area contributed by atoms with Crippen LogP contribution in [-0.4, -0.2) is 24.7 Å². The minimum atomic E-state index is 0.220. The number of anilines is 1. The van der Waals surface area contributed by atoms with Crippen molar-refractivity contribution in [3.63, 3.8) is 0 Å². The van der Waals surface area contributed by atoms with Gasteiger partial charge in [-0.05, 0) is 30.7 Å². The Labute approximate surface area is 94.9 Å². The fourth-order valence-electron chi connectivity index (χ4n) is 1.37. The Morgan fingerprint density at radius 2 is 2.31 bits per heavy atom. The van der Waals surface area contributed by atoms with Gasteiger partial charge >= 0.3 is 0 Å². The van der Waals surface area contributed by atoms with Crippen LogP contribution in [0.2, 0.25) is 0 Å². The van der Waals surface area contributed by atoms with Crippen molar-refractivity contribution in [3.05, 3.63) is 23.8 Å². The number of nitrogens with two attached hydrogens (primary N) is 1. The molecule has 0 heterocycles. The van der Waals surface area contributed by atoms with E-state index in [4.69, 9.17) is 15.7 Å². The highest BCUT2D eigenvalue weighted by Gasteiger charge is 1.99. The molecule has 1 aromatic rings. The molecule has 0 aliphatic heterocycles. The average Bonchev–Trinajstić information content (AvgIpc) is 2.29. The van der Waals surface area contributed by atoms with Gasteiger partial charge in [-0.25, -0.2) is 0 Å². The third kappa shape index (κ3) is 3.34. The number of ether oxygens (including phenoxy) is 1. The Balaban J connectivity index is 2.52. The first-order valence-corrected chi connectivity index (χ1v) is 5.02. The molecule has 0 aliphatic rings. The standard InChI is InChI=1S/C11H17N3O2/c1-8-7-9(3-4-10(8)16-2)13-6-5-11(12)14-15/h3-4,7,13,15H,5-6H2,1-2H3,(H2,12,14). The van der Waals surface area contributed by atoms with Crippen LogP contribution in [0.25, 0.3) is 0 Å². The van der Waals surface area contributed by atoms with E-state index in [2.05, 4.69) is 10.5 Å². The zero-order valence-corrected chi connectivity index (χ0v) is 9.53. The molecule has 88 valence electrons. The number of oxime groups is 1. The van der Waals surface area contributed by atoms with Gasteiger partial charge in [0.15, 0.2) is 0 Å². The van der Waals surface area contributed by atoms with Gasteiger partial charge in [-0.15, -0.1) is 0 Å². The molecule has 4 N–H and O–H groups in total. The van der Waals surface area contributed by atoms with Crippen molar-refractivity contribution in [3.8, 4) is 5.75 Å². The number of hydrogen-bond donors (Lipinski definition) is 3. The van der Waals surface area contributed by atoms with Crippen molar-refractivity contribution in [2.75, 3.05) is 19.0 Å². The second-order valence-corrected chi connectivity index (χ2v) is 3.45. The van der Waals surface area contributed by atoms with E-state index >= 15 is 0 Å². The SMILES string of the molecule is COc1ccc(NCCC(N)=NO)cc1C. The van der Waals surface area contributed by atoms with E-state index in [0.717, 1.165) is 17.0 Å². The normalized spacial score (nSPS) is 11.2. The highest BCUT2D eigenvalue weighted by atomic mass is 16.5. The number of nitrogens with zero attached hydrogens (tertiary/aromatic N) is 1. The van der Waals surface area contributed by atoms with Gasteiger partial charge in [-0.1, -0.05) is 5.16 Å². The Morgan fingerprint density at radius 3 is 2.88 bits per heavy atom. The van der Waals surface area contributed by atoms with Gasteiger partial charge in [0.1, 0.15) is 11.6 Å². The predicted molar refractivity (Wildman–Crippen MR) is 64.2 cm³/mol. The smallest absolute Gasteiger partial charge is 0.140 e.